The van der Waals surface area contributed by atoms with E-state index in [4.69, 9.17) is 0 Å². The number of rotatable bonds is 7. The van der Waals surface area contributed by atoms with E-state index in [0.717, 1.165) is 49.0 Å². The molecule has 0 fully saturated rings. The van der Waals surface area contributed by atoms with Crippen molar-refractivity contribution < 1.29 is 25.8 Å². The van der Waals surface area contributed by atoms with E-state index in [0.29, 0.717) is 11.4 Å². The highest BCUT2D eigenvalue weighted by Crippen LogP contribution is 2.23. The fourth-order valence-electron chi connectivity index (χ4n) is 4.01. The molecule has 0 saturated heterocycles. The number of carbonyl (C=O) groups is 2. The molecule has 0 atom stereocenters. The van der Waals surface area contributed by atoms with Gasteiger partial charge in [0.1, 0.15) is 24.6 Å². The lowest BCUT2D eigenvalue weighted by atomic mass is 10.1. The summed E-state index contributed by atoms with van der Waals surface area (Å²) in [6.45, 7) is 3.29. The second-order valence-electron chi connectivity index (χ2n) is 8.27. The van der Waals surface area contributed by atoms with Crippen LogP contribution in [0.15, 0.2) is 76.9 Å². The van der Waals surface area contributed by atoms with Gasteiger partial charge in [0.25, 0.3) is 17.6 Å². The van der Waals surface area contributed by atoms with Crippen molar-refractivity contribution in [3.63, 3.8) is 0 Å². The predicted octanol–water partition coefficient (Wildman–Crippen LogP) is 2.18. The summed E-state index contributed by atoms with van der Waals surface area (Å²) in [5, 5.41) is 15.0. The molecular formula is C26H33N7O4. The number of amides is 2. The molecule has 0 spiro atoms. The first kappa shape index (κ1) is 25.2. The van der Waals surface area contributed by atoms with Crippen molar-refractivity contribution in [2.45, 2.75) is 0 Å². The number of hydrogen-bond donors (Lipinski definition) is 5. The fourth-order valence-corrected chi connectivity index (χ4v) is 4.01. The standard InChI is InChI=1S/C26H23N7O3.H2O.4H2/c34-25(31-19-6-1-16(2-7-19)23-27-11-12-28-23)18-5-10-21(22(15-18)33-36)26(35)32-20-8-3-17(4-9-20)24-29-13-14-30-24;;;;;/h1-10,15H,11-14H2,(H,27,28)(H,29,30)(H,31,34)(H,32,35);1H2;4*1H. The molecule has 6 N–H and O–H groups in total. The number of amidine groups is 2. The second-order valence-corrected chi connectivity index (χ2v) is 8.27. The molecule has 0 radical (unpaired) electrons. The monoisotopic (exact) mass is 507 g/mol. The van der Waals surface area contributed by atoms with E-state index in [9.17, 15) is 14.5 Å². The minimum Gasteiger partial charge on any atom is -0.870 e. The summed E-state index contributed by atoms with van der Waals surface area (Å²) >= 11 is 0. The van der Waals surface area contributed by atoms with E-state index < -0.39 is 11.8 Å². The number of aliphatic imine (C=N–C) groups is 1. The van der Waals surface area contributed by atoms with Crippen LogP contribution in [0.4, 0.5) is 17.1 Å². The Bertz CT molecular complexity index is 1400. The molecule has 5 rings (SSSR count). The first-order chi connectivity index (χ1) is 17.6. The van der Waals surface area contributed by atoms with E-state index in [-0.39, 0.29) is 28.0 Å². The van der Waals surface area contributed by atoms with Crippen molar-refractivity contribution in [3.05, 3.63) is 93.9 Å². The number of nitrogens with zero attached hydrogens (tertiary/aromatic N) is 2. The molecular weight excluding hydrogens is 474 g/mol. The van der Waals surface area contributed by atoms with Crippen LogP contribution < -0.4 is 26.3 Å². The van der Waals surface area contributed by atoms with E-state index in [1.165, 1.54) is 18.2 Å². The normalized spacial score (nSPS) is 13.8. The molecule has 2 aliphatic heterocycles. The maximum atomic E-state index is 12.8. The van der Waals surface area contributed by atoms with Crippen LogP contribution in [-0.4, -0.2) is 55.1 Å². The molecule has 3 aromatic carbocycles. The number of anilines is 2. The lowest BCUT2D eigenvalue weighted by molar-refractivity contribution is -0.444. The summed E-state index contributed by atoms with van der Waals surface area (Å²) in [5.74, 6) is 0.873. The van der Waals surface area contributed by atoms with Crippen LogP contribution in [0.25, 0.3) is 0 Å². The molecule has 0 aliphatic carbocycles. The summed E-state index contributed by atoms with van der Waals surface area (Å²) < 4.78 is 0. The zero-order valence-electron chi connectivity index (χ0n) is 19.7. The van der Waals surface area contributed by atoms with E-state index in [1.54, 1.807) is 24.3 Å². The van der Waals surface area contributed by atoms with Gasteiger partial charge in [0.15, 0.2) is 0 Å². The molecule has 11 nitrogen and oxygen atoms in total. The smallest absolute Gasteiger partial charge is 0.275 e. The molecule has 2 aliphatic rings. The molecule has 0 bridgehead atoms. The predicted molar refractivity (Wildman–Crippen MR) is 148 cm³/mol. The number of nitroso groups, excluding NO2 is 1. The van der Waals surface area contributed by atoms with E-state index >= 15 is 0 Å². The van der Waals surface area contributed by atoms with Crippen molar-refractivity contribution in [1.29, 1.82) is 0 Å². The Kier molecular flexibility index (Phi) is 7.65. The Balaban J connectivity index is 0.00000320. The SMILES string of the molecule is O=Nc1cc(C(=O)Nc2ccc(C3=[NH+]CCN3)cc2)ccc1C(=O)Nc1ccc(C2=NCCN2)cc1.[HH].[HH].[HH].[HH].[OH-]. The fraction of sp³-hybridized carbons (Fsp3) is 0.154. The summed E-state index contributed by atoms with van der Waals surface area (Å²) in [4.78, 5) is 44.6. The lowest BCUT2D eigenvalue weighted by Gasteiger charge is -2.10. The minimum atomic E-state index is -0.497. The summed E-state index contributed by atoms with van der Waals surface area (Å²) in [6, 6.07) is 18.8. The van der Waals surface area contributed by atoms with Crippen molar-refractivity contribution in [2.24, 2.45) is 10.2 Å². The van der Waals surface area contributed by atoms with Crippen molar-refractivity contribution in [2.75, 3.05) is 36.8 Å². The van der Waals surface area contributed by atoms with Crippen LogP contribution in [0.3, 0.4) is 0 Å². The molecule has 0 aromatic heterocycles. The average Bonchev–Trinajstić information content (AvgIpc) is 3.64. The van der Waals surface area contributed by atoms with Crippen LogP contribution in [0, 0.1) is 4.91 Å². The summed E-state index contributed by atoms with van der Waals surface area (Å²) in [5.41, 5.74) is 3.26. The van der Waals surface area contributed by atoms with Crippen molar-refractivity contribution in [3.8, 4) is 0 Å². The molecule has 0 saturated carbocycles. The molecule has 2 amide bonds. The van der Waals surface area contributed by atoms with Crippen LogP contribution in [0.1, 0.15) is 37.5 Å². The zero-order chi connectivity index (χ0) is 24.9. The average molecular weight is 508 g/mol. The Labute approximate surface area is 218 Å². The molecule has 11 heteroatoms. The van der Waals surface area contributed by atoms with E-state index in [2.05, 4.69) is 36.4 Å². The van der Waals surface area contributed by atoms with Crippen LogP contribution in [0.5, 0.6) is 0 Å². The molecule has 37 heavy (non-hydrogen) atoms. The quantitative estimate of drug-likeness (QED) is 0.307. The van der Waals surface area contributed by atoms with Gasteiger partial charge in [-0.1, -0.05) is 0 Å². The Hall–Kier alpha value is -4.90. The van der Waals surface area contributed by atoms with Crippen molar-refractivity contribution >= 4 is 40.5 Å². The largest absolute Gasteiger partial charge is 0.870 e. The van der Waals surface area contributed by atoms with Crippen molar-refractivity contribution in [1.82, 2.24) is 10.6 Å². The zero-order valence-corrected chi connectivity index (χ0v) is 19.7. The number of benzene rings is 3. The van der Waals surface area contributed by atoms with Crippen LogP contribution >= 0.6 is 0 Å². The summed E-state index contributed by atoms with van der Waals surface area (Å²) in [7, 11) is 0. The third-order valence-electron chi connectivity index (χ3n) is 5.85. The van der Waals surface area contributed by atoms with Gasteiger partial charge >= 0.3 is 0 Å². The highest BCUT2D eigenvalue weighted by Gasteiger charge is 2.18. The van der Waals surface area contributed by atoms with Gasteiger partial charge in [-0.15, -0.1) is 4.91 Å². The lowest BCUT2D eigenvalue weighted by Crippen LogP contribution is -2.70. The minimum absolute atomic E-state index is 0. The second kappa shape index (κ2) is 11.2. The van der Waals surface area contributed by atoms with Gasteiger partial charge < -0.3 is 21.4 Å². The van der Waals surface area contributed by atoms with Crippen LogP contribution in [-0.2, 0) is 0 Å². The van der Waals surface area contributed by atoms with Gasteiger partial charge in [-0.25, -0.2) is 0 Å². The maximum Gasteiger partial charge on any atom is 0.275 e. The Morgan fingerprint density at radius 3 is 2.14 bits per heavy atom. The van der Waals surface area contributed by atoms with Gasteiger partial charge in [0.2, 0.25) is 0 Å². The van der Waals surface area contributed by atoms with Gasteiger partial charge in [0, 0.05) is 34.8 Å². The number of hydrogen-bond acceptors (Lipinski definition) is 8. The Morgan fingerprint density at radius 1 is 0.865 bits per heavy atom. The Morgan fingerprint density at radius 2 is 1.54 bits per heavy atom. The van der Waals surface area contributed by atoms with Gasteiger partial charge in [-0.3, -0.25) is 24.9 Å². The van der Waals surface area contributed by atoms with Gasteiger partial charge in [0.05, 0.1) is 17.7 Å². The summed E-state index contributed by atoms with van der Waals surface area (Å²) in [6.07, 6.45) is 0. The first-order valence-corrected chi connectivity index (χ1v) is 11.5. The third kappa shape index (κ3) is 5.68. The highest BCUT2D eigenvalue weighted by atomic mass is 16.3. The maximum absolute atomic E-state index is 12.8. The van der Waals surface area contributed by atoms with Crippen LogP contribution in [0.2, 0.25) is 0 Å². The first-order valence-electron chi connectivity index (χ1n) is 11.5. The number of carbonyl (C=O) groups excluding carboxylic acids is 2. The van der Waals surface area contributed by atoms with Gasteiger partial charge in [-0.05, 0) is 71.9 Å². The highest BCUT2D eigenvalue weighted by molar-refractivity contribution is 6.10. The number of nitrogens with one attached hydrogen (secondary N) is 5. The molecule has 196 valence electrons. The molecule has 3 aromatic rings. The third-order valence-corrected chi connectivity index (χ3v) is 5.85. The van der Waals surface area contributed by atoms with Gasteiger partial charge in [-0.2, -0.15) is 0 Å². The van der Waals surface area contributed by atoms with E-state index in [1.807, 2.05) is 24.3 Å². The molecule has 0 unspecified atom stereocenters. The molecule has 2 heterocycles. The topological polar surface area (TPSA) is 168 Å².